The fourth-order valence-corrected chi connectivity index (χ4v) is 3.71. The highest BCUT2D eigenvalue weighted by atomic mass is 35.5. The number of nitrogens with two attached hydrogens (primary N) is 1. The Hall–Kier alpha value is -4.04. The minimum absolute atomic E-state index is 0.255. The fourth-order valence-electron chi connectivity index (χ4n) is 3.54. The van der Waals surface area contributed by atoms with Crippen molar-refractivity contribution >= 4 is 28.9 Å². The third-order valence-electron chi connectivity index (χ3n) is 5.01. The van der Waals surface area contributed by atoms with Gasteiger partial charge in [-0.05, 0) is 23.8 Å². The summed E-state index contributed by atoms with van der Waals surface area (Å²) in [6, 6.07) is 17.9. The van der Waals surface area contributed by atoms with Crippen molar-refractivity contribution in [2.45, 2.75) is 6.54 Å². The zero-order valence-electron chi connectivity index (χ0n) is 16.7. The highest BCUT2D eigenvalue weighted by Gasteiger charge is 2.16. The van der Waals surface area contributed by atoms with Crippen molar-refractivity contribution in [1.82, 2.24) is 24.6 Å². The lowest BCUT2D eigenvalue weighted by Gasteiger charge is -2.15. The van der Waals surface area contributed by atoms with Crippen LogP contribution in [0.3, 0.4) is 0 Å². The first-order chi connectivity index (χ1) is 15.6. The first-order valence-electron chi connectivity index (χ1n) is 9.79. The molecule has 0 fully saturated rings. The summed E-state index contributed by atoms with van der Waals surface area (Å²) < 4.78 is 15.4. The van der Waals surface area contributed by atoms with E-state index in [0.29, 0.717) is 34.3 Å². The molecule has 5 rings (SSSR count). The number of benzene rings is 2. The van der Waals surface area contributed by atoms with E-state index >= 15 is 0 Å². The third kappa shape index (κ3) is 3.72. The summed E-state index contributed by atoms with van der Waals surface area (Å²) >= 11 is 6.24. The molecule has 0 aliphatic heterocycles. The minimum atomic E-state index is -0.367. The molecule has 0 saturated heterocycles. The zero-order chi connectivity index (χ0) is 22.1. The van der Waals surface area contributed by atoms with E-state index in [2.05, 4.69) is 20.3 Å². The van der Waals surface area contributed by atoms with Crippen LogP contribution < -0.4 is 11.1 Å². The van der Waals surface area contributed by atoms with E-state index in [1.54, 1.807) is 22.8 Å². The third-order valence-corrected chi connectivity index (χ3v) is 5.27. The summed E-state index contributed by atoms with van der Waals surface area (Å²) in [7, 11) is 0. The van der Waals surface area contributed by atoms with Gasteiger partial charge in [-0.1, -0.05) is 54.1 Å². The molecular weight excluding hydrogens is 429 g/mol. The molecule has 32 heavy (non-hydrogen) atoms. The Balaban J connectivity index is 1.56. The van der Waals surface area contributed by atoms with E-state index < -0.39 is 0 Å². The van der Waals surface area contributed by atoms with Crippen molar-refractivity contribution in [2.24, 2.45) is 0 Å². The van der Waals surface area contributed by atoms with Gasteiger partial charge in [0.15, 0.2) is 10.8 Å². The van der Waals surface area contributed by atoms with Crippen LogP contribution in [-0.2, 0) is 6.54 Å². The minimum Gasteiger partial charge on any atom is -0.383 e. The highest BCUT2D eigenvalue weighted by molar-refractivity contribution is 6.29. The van der Waals surface area contributed by atoms with Gasteiger partial charge in [-0.25, -0.2) is 23.9 Å². The van der Waals surface area contributed by atoms with Crippen LogP contribution in [0.5, 0.6) is 0 Å². The summed E-state index contributed by atoms with van der Waals surface area (Å²) in [4.78, 5) is 12.7. The van der Waals surface area contributed by atoms with E-state index in [1.807, 2.05) is 36.4 Å². The number of hydrogen-bond donors (Lipinski definition) is 2. The molecule has 0 bridgehead atoms. The van der Waals surface area contributed by atoms with Crippen molar-refractivity contribution in [1.29, 1.82) is 0 Å². The summed E-state index contributed by atoms with van der Waals surface area (Å²) in [5, 5.41) is 8.43. The van der Waals surface area contributed by atoms with Gasteiger partial charge in [0.2, 0.25) is 0 Å². The fraction of sp³-hybridized carbons (Fsp3) is 0.0435. The predicted octanol–water partition coefficient (Wildman–Crippen LogP) is 4.84. The van der Waals surface area contributed by atoms with Crippen molar-refractivity contribution in [3.8, 4) is 22.4 Å². The molecule has 0 amide bonds. The molecule has 0 radical (unpaired) electrons. The van der Waals surface area contributed by atoms with Crippen molar-refractivity contribution in [3.05, 3.63) is 89.7 Å². The van der Waals surface area contributed by atoms with Gasteiger partial charge in [0, 0.05) is 17.7 Å². The summed E-state index contributed by atoms with van der Waals surface area (Å²) in [6.45, 7) is 0.372. The second kappa shape index (κ2) is 8.24. The van der Waals surface area contributed by atoms with Crippen LogP contribution in [0.4, 0.5) is 16.0 Å². The maximum absolute atomic E-state index is 13.8. The first kappa shape index (κ1) is 19.9. The molecule has 3 N–H and O–H groups in total. The normalized spacial score (nSPS) is 11.1. The lowest BCUT2D eigenvalue weighted by Crippen LogP contribution is -2.09. The zero-order valence-corrected chi connectivity index (χ0v) is 17.5. The Labute approximate surface area is 187 Å². The van der Waals surface area contributed by atoms with Crippen LogP contribution >= 0.6 is 11.6 Å². The topological polar surface area (TPSA) is 94.0 Å². The van der Waals surface area contributed by atoms with Gasteiger partial charge in [-0.15, -0.1) is 0 Å². The molecule has 5 aromatic rings. The summed E-state index contributed by atoms with van der Waals surface area (Å²) in [5.74, 6) is 0.377. The average molecular weight is 446 g/mol. The van der Waals surface area contributed by atoms with Gasteiger partial charge < -0.3 is 11.1 Å². The first-order valence-corrected chi connectivity index (χ1v) is 10.2. The molecule has 0 spiro atoms. The lowest BCUT2D eigenvalue weighted by molar-refractivity contribution is 0.628. The van der Waals surface area contributed by atoms with Gasteiger partial charge in [0.1, 0.15) is 23.8 Å². The molecule has 2 aromatic carbocycles. The number of nitrogens with zero attached hydrogens (tertiary/aromatic N) is 5. The number of anilines is 2. The Bertz CT molecular complexity index is 1420. The summed E-state index contributed by atoms with van der Waals surface area (Å²) in [5.41, 5.74) is 10.4. The van der Waals surface area contributed by atoms with Gasteiger partial charge in [-0.2, -0.15) is 5.10 Å². The molecular formula is C23H17ClFN7. The largest absolute Gasteiger partial charge is 0.383 e. The molecule has 0 unspecified atom stereocenters. The molecule has 158 valence electrons. The number of halogens is 2. The lowest BCUT2D eigenvalue weighted by atomic mass is 10.1. The quantitative estimate of drug-likeness (QED) is 0.402. The van der Waals surface area contributed by atoms with Crippen LogP contribution in [-0.4, -0.2) is 24.6 Å². The van der Waals surface area contributed by atoms with Gasteiger partial charge >= 0.3 is 0 Å². The van der Waals surface area contributed by atoms with Crippen LogP contribution in [0.2, 0.25) is 5.15 Å². The van der Waals surface area contributed by atoms with Gasteiger partial charge in [-0.3, -0.25) is 0 Å². The molecule has 0 aliphatic carbocycles. The molecule has 0 aliphatic rings. The van der Waals surface area contributed by atoms with Crippen molar-refractivity contribution in [2.75, 3.05) is 11.1 Å². The molecule has 0 atom stereocenters. The predicted molar refractivity (Wildman–Crippen MR) is 123 cm³/mol. The Kier molecular flexibility index (Phi) is 5.12. The number of rotatable bonds is 5. The SMILES string of the molecule is Nc1ncnc(NCc2cc3ncc(Cl)n3nc2-c2ccccc2)c1-c1cccc(F)c1. The molecule has 0 saturated carbocycles. The average Bonchev–Trinajstić information content (AvgIpc) is 3.17. The van der Waals surface area contributed by atoms with E-state index in [1.165, 1.54) is 18.5 Å². The molecule has 3 aromatic heterocycles. The maximum atomic E-state index is 13.8. The highest BCUT2D eigenvalue weighted by Crippen LogP contribution is 2.32. The number of imidazole rings is 1. The number of hydrogen-bond acceptors (Lipinski definition) is 6. The van der Waals surface area contributed by atoms with Crippen LogP contribution in [0.25, 0.3) is 28.0 Å². The number of aromatic nitrogens is 5. The maximum Gasteiger partial charge on any atom is 0.155 e. The van der Waals surface area contributed by atoms with Crippen molar-refractivity contribution < 1.29 is 4.39 Å². The second-order valence-corrected chi connectivity index (χ2v) is 7.47. The van der Waals surface area contributed by atoms with Crippen LogP contribution in [0, 0.1) is 5.82 Å². The Morgan fingerprint density at radius 3 is 2.59 bits per heavy atom. The van der Waals surface area contributed by atoms with Crippen molar-refractivity contribution in [3.63, 3.8) is 0 Å². The number of nitrogen functional groups attached to an aromatic ring is 1. The van der Waals surface area contributed by atoms with Gasteiger partial charge in [0.25, 0.3) is 0 Å². The van der Waals surface area contributed by atoms with Gasteiger partial charge in [0.05, 0.1) is 17.5 Å². The second-order valence-electron chi connectivity index (χ2n) is 7.08. The Morgan fingerprint density at radius 2 is 1.78 bits per heavy atom. The number of nitrogens with one attached hydrogen (secondary N) is 1. The Morgan fingerprint density at radius 1 is 0.969 bits per heavy atom. The number of fused-ring (bicyclic) bond motifs is 1. The van der Waals surface area contributed by atoms with Crippen LogP contribution in [0.15, 0.2) is 73.2 Å². The van der Waals surface area contributed by atoms with E-state index in [0.717, 1.165) is 16.8 Å². The summed E-state index contributed by atoms with van der Waals surface area (Å²) in [6.07, 6.45) is 2.93. The molecule has 7 nitrogen and oxygen atoms in total. The standard InChI is InChI=1S/C23H17ClFN7/c24-18-12-27-19-10-16(21(31-32(18)19)14-5-2-1-3-6-14)11-28-23-20(22(26)29-13-30-23)15-7-4-8-17(25)9-15/h1-10,12-13H,11H2,(H3,26,28,29,30). The molecule has 9 heteroatoms. The monoisotopic (exact) mass is 445 g/mol. The van der Waals surface area contributed by atoms with E-state index in [-0.39, 0.29) is 11.6 Å². The van der Waals surface area contributed by atoms with E-state index in [9.17, 15) is 4.39 Å². The van der Waals surface area contributed by atoms with Crippen LogP contribution in [0.1, 0.15) is 5.56 Å². The molecule has 3 heterocycles. The van der Waals surface area contributed by atoms with E-state index in [4.69, 9.17) is 22.4 Å². The smallest absolute Gasteiger partial charge is 0.155 e.